The zero-order valence-corrected chi connectivity index (χ0v) is 9.60. The topological polar surface area (TPSA) is 26.3 Å². The molecule has 0 amide bonds. The van der Waals surface area contributed by atoms with Gasteiger partial charge in [0.15, 0.2) is 0 Å². The summed E-state index contributed by atoms with van der Waals surface area (Å²) in [5.41, 5.74) is 2.31. The van der Waals surface area contributed by atoms with Crippen molar-refractivity contribution in [3.63, 3.8) is 0 Å². The molecule has 0 radical (unpaired) electrons. The van der Waals surface area contributed by atoms with E-state index in [2.05, 4.69) is 6.58 Å². The molecule has 0 aliphatic rings. The summed E-state index contributed by atoms with van der Waals surface area (Å²) in [5, 5.41) is 0.516. The van der Waals surface area contributed by atoms with E-state index in [0.29, 0.717) is 16.3 Å². The van der Waals surface area contributed by atoms with E-state index < -0.39 is 0 Å². The van der Waals surface area contributed by atoms with Gasteiger partial charge in [-0.15, -0.1) is 0 Å². The van der Waals surface area contributed by atoms with Crippen LogP contribution in [0.4, 0.5) is 0 Å². The fraction of sp³-hybridized carbons (Fsp3) is 0.250. The molecule has 1 aromatic rings. The number of rotatable bonds is 4. The molecule has 0 heterocycles. The first-order valence-electron chi connectivity index (χ1n) is 4.64. The SMILES string of the molecule is C=C(OC)c1cc(Cl)cc(C=O)c1CC. The highest BCUT2D eigenvalue weighted by atomic mass is 35.5. The molecule has 0 atom stereocenters. The van der Waals surface area contributed by atoms with Crippen LogP contribution in [-0.2, 0) is 11.2 Å². The van der Waals surface area contributed by atoms with Gasteiger partial charge in [0.2, 0.25) is 0 Å². The number of ether oxygens (including phenoxy) is 1. The van der Waals surface area contributed by atoms with Crippen LogP contribution in [0, 0.1) is 0 Å². The van der Waals surface area contributed by atoms with Gasteiger partial charge in [-0.25, -0.2) is 0 Å². The number of methoxy groups -OCH3 is 1. The Hall–Kier alpha value is -1.28. The van der Waals surface area contributed by atoms with Crippen LogP contribution in [0.2, 0.25) is 5.02 Å². The normalized spacial score (nSPS) is 9.80. The number of aldehydes is 1. The third-order valence-corrected chi connectivity index (χ3v) is 2.49. The minimum Gasteiger partial charge on any atom is -0.497 e. The minimum absolute atomic E-state index is 0.516. The number of benzene rings is 1. The summed E-state index contributed by atoms with van der Waals surface area (Å²) in [6, 6.07) is 3.42. The van der Waals surface area contributed by atoms with Gasteiger partial charge in [-0.3, -0.25) is 4.79 Å². The maximum absolute atomic E-state index is 10.9. The lowest BCUT2D eigenvalue weighted by Gasteiger charge is -2.12. The molecule has 0 fully saturated rings. The van der Waals surface area contributed by atoms with Gasteiger partial charge in [0.05, 0.1) is 7.11 Å². The van der Waals surface area contributed by atoms with E-state index in [-0.39, 0.29) is 0 Å². The van der Waals surface area contributed by atoms with Crippen molar-refractivity contribution in [1.82, 2.24) is 0 Å². The molecule has 1 rings (SSSR count). The van der Waals surface area contributed by atoms with E-state index in [0.717, 1.165) is 23.8 Å². The first-order chi connectivity index (χ1) is 7.13. The molecule has 0 N–H and O–H groups in total. The van der Waals surface area contributed by atoms with Crippen LogP contribution in [0.3, 0.4) is 0 Å². The average Bonchev–Trinajstić information content (AvgIpc) is 2.26. The molecule has 80 valence electrons. The quantitative estimate of drug-likeness (QED) is 0.579. The Morgan fingerprint density at radius 2 is 2.27 bits per heavy atom. The molecular weight excluding hydrogens is 212 g/mol. The molecular formula is C12H13ClO2. The molecule has 0 saturated carbocycles. The van der Waals surface area contributed by atoms with Crippen LogP contribution in [0.5, 0.6) is 0 Å². The van der Waals surface area contributed by atoms with Gasteiger partial charge < -0.3 is 4.74 Å². The number of halogens is 1. The molecule has 0 bridgehead atoms. The lowest BCUT2D eigenvalue weighted by atomic mass is 9.98. The summed E-state index contributed by atoms with van der Waals surface area (Å²) in [5.74, 6) is 0.525. The van der Waals surface area contributed by atoms with Crippen LogP contribution in [0.25, 0.3) is 5.76 Å². The predicted octanol–water partition coefficient (Wildman–Crippen LogP) is 3.33. The van der Waals surface area contributed by atoms with E-state index in [1.807, 2.05) is 6.92 Å². The van der Waals surface area contributed by atoms with Crippen molar-refractivity contribution in [3.05, 3.63) is 40.4 Å². The smallest absolute Gasteiger partial charge is 0.150 e. The van der Waals surface area contributed by atoms with Crippen LogP contribution < -0.4 is 0 Å². The summed E-state index contributed by atoms with van der Waals surface area (Å²) in [4.78, 5) is 10.9. The van der Waals surface area contributed by atoms with E-state index in [9.17, 15) is 4.79 Å². The van der Waals surface area contributed by atoms with Gasteiger partial charge in [-0.2, -0.15) is 0 Å². The molecule has 0 unspecified atom stereocenters. The van der Waals surface area contributed by atoms with Crippen molar-refractivity contribution in [2.45, 2.75) is 13.3 Å². The number of carbonyl (C=O) groups excluding carboxylic acids is 1. The van der Waals surface area contributed by atoms with Crippen LogP contribution >= 0.6 is 11.6 Å². The second-order valence-corrected chi connectivity index (χ2v) is 3.56. The monoisotopic (exact) mass is 224 g/mol. The molecule has 2 nitrogen and oxygen atoms in total. The van der Waals surface area contributed by atoms with Crippen molar-refractivity contribution in [2.75, 3.05) is 7.11 Å². The van der Waals surface area contributed by atoms with Gasteiger partial charge in [0.25, 0.3) is 0 Å². The molecule has 15 heavy (non-hydrogen) atoms. The van der Waals surface area contributed by atoms with E-state index in [1.54, 1.807) is 19.2 Å². The summed E-state index contributed by atoms with van der Waals surface area (Å²) < 4.78 is 5.06. The molecule has 0 aliphatic carbocycles. The largest absolute Gasteiger partial charge is 0.497 e. The summed E-state index contributed by atoms with van der Waals surface area (Å²) in [6.07, 6.45) is 1.54. The predicted molar refractivity (Wildman–Crippen MR) is 62.3 cm³/mol. The second kappa shape index (κ2) is 4.99. The number of hydrogen-bond acceptors (Lipinski definition) is 2. The first kappa shape index (κ1) is 11.8. The van der Waals surface area contributed by atoms with Crippen molar-refractivity contribution >= 4 is 23.6 Å². The number of carbonyl (C=O) groups is 1. The van der Waals surface area contributed by atoms with Crippen LogP contribution in [-0.4, -0.2) is 13.4 Å². The Morgan fingerprint density at radius 3 is 2.73 bits per heavy atom. The molecule has 0 saturated heterocycles. The number of hydrogen-bond donors (Lipinski definition) is 0. The van der Waals surface area contributed by atoms with Crippen LogP contribution in [0.15, 0.2) is 18.7 Å². The summed E-state index contributed by atoms with van der Waals surface area (Å²) >= 11 is 5.90. The fourth-order valence-electron chi connectivity index (χ4n) is 1.52. The Bertz CT molecular complexity index is 397. The zero-order chi connectivity index (χ0) is 11.4. The molecule has 0 spiro atoms. The highest BCUT2D eigenvalue weighted by molar-refractivity contribution is 6.31. The third-order valence-electron chi connectivity index (χ3n) is 2.28. The van der Waals surface area contributed by atoms with Crippen molar-refractivity contribution in [2.24, 2.45) is 0 Å². The standard InChI is InChI=1S/C12H13ClO2/c1-4-11-9(7-14)5-10(13)6-12(11)8(2)15-3/h5-7H,2,4H2,1,3H3. The maximum atomic E-state index is 10.9. The Kier molecular flexibility index (Phi) is 3.92. The van der Waals surface area contributed by atoms with E-state index in [4.69, 9.17) is 16.3 Å². The molecule has 3 heteroatoms. The van der Waals surface area contributed by atoms with Crippen molar-refractivity contribution < 1.29 is 9.53 Å². The lowest BCUT2D eigenvalue weighted by molar-refractivity contribution is 0.112. The Labute approximate surface area is 94.5 Å². The average molecular weight is 225 g/mol. The summed E-state index contributed by atoms with van der Waals surface area (Å²) in [7, 11) is 1.54. The highest BCUT2D eigenvalue weighted by Gasteiger charge is 2.11. The van der Waals surface area contributed by atoms with Gasteiger partial charge >= 0.3 is 0 Å². The van der Waals surface area contributed by atoms with Crippen LogP contribution in [0.1, 0.15) is 28.4 Å². The Morgan fingerprint density at radius 1 is 1.60 bits per heavy atom. The minimum atomic E-state index is 0.516. The molecule has 0 aromatic heterocycles. The lowest BCUT2D eigenvalue weighted by Crippen LogP contribution is -1.99. The highest BCUT2D eigenvalue weighted by Crippen LogP contribution is 2.26. The van der Waals surface area contributed by atoms with Gasteiger partial charge in [-0.1, -0.05) is 25.1 Å². The fourth-order valence-corrected chi connectivity index (χ4v) is 1.74. The van der Waals surface area contributed by atoms with Crippen molar-refractivity contribution in [1.29, 1.82) is 0 Å². The second-order valence-electron chi connectivity index (χ2n) is 3.12. The van der Waals surface area contributed by atoms with Gasteiger partial charge in [0.1, 0.15) is 12.0 Å². The molecule has 0 aliphatic heterocycles. The zero-order valence-electron chi connectivity index (χ0n) is 8.84. The van der Waals surface area contributed by atoms with E-state index in [1.165, 1.54) is 0 Å². The van der Waals surface area contributed by atoms with Gasteiger partial charge in [0, 0.05) is 16.1 Å². The maximum Gasteiger partial charge on any atom is 0.150 e. The summed E-state index contributed by atoms with van der Waals surface area (Å²) in [6.45, 7) is 5.75. The van der Waals surface area contributed by atoms with Gasteiger partial charge in [-0.05, 0) is 24.1 Å². The molecule has 1 aromatic carbocycles. The van der Waals surface area contributed by atoms with E-state index >= 15 is 0 Å². The Balaban J connectivity index is 3.41. The van der Waals surface area contributed by atoms with Crippen molar-refractivity contribution in [3.8, 4) is 0 Å². The third kappa shape index (κ3) is 2.39. The first-order valence-corrected chi connectivity index (χ1v) is 5.02.